The Morgan fingerprint density at radius 2 is 2.11 bits per heavy atom. The molecule has 0 aromatic carbocycles. The van der Waals surface area contributed by atoms with Gasteiger partial charge in [-0.15, -0.1) is 0 Å². The number of ether oxygens (including phenoxy) is 2. The lowest BCUT2D eigenvalue weighted by molar-refractivity contribution is -0.152. The van der Waals surface area contributed by atoms with Gasteiger partial charge in [-0.3, -0.25) is 4.79 Å². The third-order valence-electron chi connectivity index (χ3n) is 3.32. The van der Waals surface area contributed by atoms with Gasteiger partial charge >= 0.3 is 5.97 Å². The van der Waals surface area contributed by atoms with Crippen molar-refractivity contribution in [1.82, 2.24) is 5.32 Å². The number of carboxylic acid groups (broad SMARTS) is 1. The minimum Gasteiger partial charge on any atom is -0.480 e. The van der Waals surface area contributed by atoms with Gasteiger partial charge in [0.1, 0.15) is 5.54 Å². The Morgan fingerprint density at radius 3 is 2.63 bits per heavy atom. The predicted molar refractivity (Wildman–Crippen MR) is 67.6 cm³/mol. The number of rotatable bonds is 7. The van der Waals surface area contributed by atoms with E-state index in [0.717, 1.165) is 0 Å². The quantitative estimate of drug-likeness (QED) is 0.539. The van der Waals surface area contributed by atoms with Gasteiger partial charge in [0.2, 0.25) is 5.91 Å². The first kappa shape index (κ1) is 15.9. The van der Waals surface area contributed by atoms with Crippen LogP contribution in [0.4, 0.5) is 0 Å². The number of nitrogens with two attached hydrogens (primary N) is 1. The summed E-state index contributed by atoms with van der Waals surface area (Å²) in [6, 6.07) is -0.714. The molecule has 7 heteroatoms. The van der Waals surface area contributed by atoms with Crippen LogP contribution in [0.25, 0.3) is 0 Å². The maximum absolute atomic E-state index is 11.9. The summed E-state index contributed by atoms with van der Waals surface area (Å²) in [5, 5.41) is 11.9. The van der Waals surface area contributed by atoms with Gasteiger partial charge in [-0.05, 0) is 12.8 Å². The molecule has 1 amide bonds. The van der Waals surface area contributed by atoms with Crippen LogP contribution < -0.4 is 11.1 Å². The lowest BCUT2D eigenvalue weighted by Crippen LogP contribution is -2.60. The summed E-state index contributed by atoms with van der Waals surface area (Å²) in [4.78, 5) is 23.3. The molecule has 19 heavy (non-hydrogen) atoms. The molecule has 1 rings (SSSR count). The number of nitrogens with one attached hydrogen (secondary N) is 1. The zero-order valence-corrected chi connectivity index (χ0v) is 11.2. The van der Waals surface area contributed by atoms with E-state index in [1.165, 1.54) is 0 Å². The van der Waals surface area contributed by atoms with E-state index in [0.29, 0.717) is 32.7 Å². The maximum atomic E-state index is 11.9. The topological polar surface area (TPSA) is 111 Å². The molecule has 110 valence electrons. The zero-order valence-electron chi connectivity index (χ0n) is 11.2. The van der Waals surface area contributed by atoms with Gasteiger partial charge in [0.15, 0.2) is 0 Å². The van der Waals surface area contributed by atoms with Crippen LogP contribution in [0.5, 0.6) is 0 Å². The molecular formula is C12H22N2O5. The van der Waals surface area contributed by atoms with Gasteiger partial charge in [0.25, 0.3) is 0 Å². The number of methoxy groups -OCH3 is 1. The summed E-state index contributed by atoms with van der Waals surface area (Å²) in [5.74, 6) is -1.46. The van der Waals surface area contributed by atoms with Crippen molar-refractivity contribution in [3.05, 3.63) is 0 Å². The van der Waals surface area contributed by atoms with Crippen molar-refractivity contribution >= 4 is 11.9 Å². The van der Waals surface area contributed by atoms with Gasteiger partial charge < -0.3 is 25.6 Å². The van der Waals surface area contributed by atoms with E-state index in [1.807, 2.05) is 0 Å². The molecule has 1 unspecified atom stereocenters. The molecule has 0 saturated carbocycles. The molecule has 1 saturated heterocycles. The number of aliphatic carboxylic acids is 1. The Kier molecular flexibility index (Phi) is 6.20. The van der Waals surface area contributed by atoms with Crippen molar-refractivity contribution in [2.24, 2.45) is 5.73 Å². The minimum atomic E-state index is -1.24. The van der Waals surface area contributed by atoms with Crippen LogP contribution in [0.3, 0.4) is 0 Å². The molecule has 1 atom stereocenters. The summed E-state index contributed by atoms with van der Waals surface area (Å²) < 4.78 is 10.0. The lowest BCUT2D eigenvalue weighted by Gasteiger charge is -2.34. The molecule has 0 aromatic rings. The Labute approximate surface area is 112 Å². The maximum Gasteiger partial charge on any atom is 0.329 e. The van der Waals surface area contributed by atoms with Crippen LogP contribution in [0.1, 0.15) is 25.7 Å². The standard InChI is InChI=1S/C12H22N2O5/c1-18-6-2-3-9(13)10(15)14-12(11(16)17)4-7-19-8-5-12/h9H,2-8,13H2,1H3,(H,14,15)(H,16,17). The SMILES string of the molecule is COCCCC(N)C(=O)NC1(C(=O)O)CCOCC1. The molecule has 0 spiro atoms. The second kappa shape index (κ2) is 7.42. The predicted octanol–water partition coefficient (Wildman–Crippen LogP) is -0.510. The van der Waals surface area contributed by atoms with Crippen molar-refractivity contribution in [1.29, 1.82) is 0 Å². The monoisotopic (exact) mass is 274 g/mol. The Morgan fingerprint density at radius 1 is 1.47 bits per heavy atom. The molecule has 1 heterocycles. The first-order chi connectivity index (χ1) is 9.02. The van der Waals surface area contributed by atoms with E-state index in [9.17, 15) is 14.7 Å². The van der Waals surface area contributed by atoms with E-state index in [4.69, 9.17) is 15.2 Å². The number of amides is 1. The third kappa shape index (κ3) is 4.45. The third-order valence-corrected chi connectivity index (χ3v) is 3.32. The zero-order chi connectivity index (χ0) is 14.3. The fraction of sp³-hybridized carbons (Fsp3) is 0.833. The molecule has 7 nitrogen and oxygen atoms in total. The number of hydrogen-bond acceptors (Lipinski definition) is 5. The minimum absolute atomic E-state index is 0.263. The molecule has 0 aliphatic carbocycles. The molecule has 1 fully saturated rings. The van der Waals surface area contributed by atoms with Gasteiger partial charge in [-0.25, -0.2) is 4.79 Å². The van der Waals surface area contributed by atoms with Crippen molar-refractivity contribution < 1.29 is 24.2 Å². The Hall–Kier alpha value is -1.18. The second-order valence-electron chi connectivity index (χ2n) is 4.73. The van der Waals surface area contributed by atoms with Crippen LogP contribution in [-0.4, -0.2) is 55.5 Å². The van der Waals surface area contributed by atoms with Crippen LogP contribution in [0, 0.1) is 0 Å². The molecule has 1 aliphatic heterocycles. The Balaban J connectivity index is 2.54. The van der Waals surface area contributed by atoms with E-state index in [1.54, 1.807) is 7.11 Å². The van der Waals surface area contributed by atoms with E-state index >= 15 is 0 Å². The van der Waals surface area contributed by atoms with Crippen LogP contribution in [0.15, 0.2) is 0 Å². The van der Waals surface area contributed by atoms with E-state index in [-0.39, 0.29) is 12.8 Å². The number of carboxylic acids is 1. The highest BCUT2D eigenvalue weighted by Crippen LogP contribution is 2.21. The van der Waals surface area contributed by atoms with Crippen LogP contribution >= 0.6 is 0 Å². The molecule has 0 radical (unpaired) electrons. The average Bonchev–Trinajstić information content (AvgIpc) is 2.39. The summed E-state index contributed by atoms with van der Waals surface area (Å²) in [5.41, 5.74) is 4.50. The number of carbonyl (C=O) groups excluding carboxylic acids is 1. The highest BCUT2D eigenvalue weighted by Gasteiger charge is 2.42. The largest absolute Gasteiger partial charge is 0.480 e. The molecule has 1 aliphatic rings. The average molecular weight is 274 g/mol. The fourth-order valence-corrected chi connectivity index (χ4v) is 2.02. The van der Waals surface area contributed by atoms with Gasteiger partial charge in [-0.1, -0.05) is 0 Å². The van der Waals surface area contributed by atoms with Crippen molar-refractivity contribution in [3.63, 3.8) is 0 Å². The van der Waals surface area contributed by atoms with Gasteiger partial charge in [0, 0.05) is 39.8 Å². The Bertz CT molecular complexity index is 315. The summed E-state index contributed by atoms with van der Waals surface area (Å²) in [6.07, 6.45) is 1.65. The molecular weight excluding hydrogens is 252 g/mol. The first-order valence-corrected chi connectivity index (χ1v) is 6.39. The van der Waals surface area contributed by atoms with Gasteiger partial charge in [0.05, 0.1) is 6.04 Å². The summed E-state index contributed by atoms with van der Waals surface area (Å²) >= 11 is 0. The summed E-state index contributed by atoms with van der Waals surface area (Å²) in [6.45, 7) is 1.18. The lowest BCUT2D eigenvalue weighted by atomic mass is 9.89. The first-order valence-electron chi connectivity index (χ1n) is 6.39. The molecule has 0 aromatic heterocycles. The van der Waals surface area contributed by atoms with Crippen molar-refractivity contribution in [2.75, 3.05) is 26.9 Å². The van der Waals surface area contributed by atoms with E-state index < -0.39 is 23.5 Å². The molecule has 4 N–H and O–H groups in total. The highest BCUT2D eigenvalue weighted by atomic mass is 16.5. The fourth-order valence-electron chi connectivity index (χ4n) is 2.02. The normalized spacial score (nSPS) is 19.7. The highest BCUT2D eigenvalue weighted by molar-refractivity contribution is 5.89. The van der Waals surface area contributed by atoms with Crippen LogP contribution in [0.2, 0.25) is 0 Å². The van der Waals surface area contributed by atoms with E-state index in [2.05, 4.69) is 5.32 Å². The number of hydrogen-bond donors (Lipinski definition) is 3. The van der Waals surface area contributed by atoms with Gasteiger partial charge in [-0.2, -0.15) is 0 Å². The van der Waals surface area contributed by atoms with Crippen molar-refractivity contribution in [2.45, 2.75) is 37.3 Å². The number of carbonyl (C=O) groups is 2. The molecule has 0 bridgehead atoms. The summed E-state index contributed by atoms with van der Waals surface area (Å²) in [7, 11) is 1.58. The van der Waals surface area contributed by atoms with Crippen molar-refractivity contribution in [3.8, 4) is 0 Å². The van der Waals surface area contributed by atoms with Crippen LogP contribution in [-0.2, 0) is 19.1 Å². The smallest absolute Gasteiger partial charge is 0.329 e. The second-order valence-corrected chi connectivity index (χ2v) is 4.73.